The lowest BCUT2D eigenvalue weighted by molar-refractivity contribution is -0.111. The predicted octanol–water partition coefficient (Wildman–Crippen LogP) is 5.18. The molecule has 1 N–H and O–H groups in total. The molecule has 0 bridgehead atoms. The first-order valence-electron chi connectivity index (χ1n) is 6.58. The van der Waals surface area contributed by atoms with Crippen LogP contribution in [0.2, 0.25) is 0 Å². The van der Waals surface area contributed by atoms with E-state index in [1.54, 1.807) is 13.2 Å². The molecule has 22 heavy (non-hydrogen) atoms. The molecule has 1 amide bonds. The van der Waals surface area contributed by atoms with Crippen LogP contribution in [0.15, 0.2) is 51.4 Å². The molecule has 2 rings (SSSR count). The summed E-state index contributed by atoms with van der Waals surface area (Å²) in [6.45, 7) is 1.97. The first kappa shape index (κ1) is 16.8. The van der Waals surface area contributed by atoms with Crippen molar-refractivity contribution in [2.45, 2.75) is 6.92 Å². The summed E-state index contributed by atoms with van der Waals surface area (Å²) in [4.78, 5) is 12.0. The fraction of sp³-hybridized carbons (Fsp3) is 0.118. The molecule has 2 aromatic carbocycles. The number of carbonyl (C=O) groups is 1. The van der Waals surface area contributed by atoms with Gasteiger partial charge in [0.1, 0.15) is 5.75 Å². The highest BCUT2D eigenvalue weighted by Gasteiger charge is 2.03. The molecule has 0 aliphatic carbocycles. The quantitative estimate of drug-likeness (QED) is 0.686. The zero-order valence-electron chi connectivity index (χ0n) is 12.2. The van der Waals surface area contributed by atoms with Crippen molar-refractivity contribution in [1.29, 1.82) is 0 Å². The summed E-state index contributed by atoms with van der Waals surface area (Å²) in [7, 11) is 1.60. The second-order valence-corrected chi connectivity index (χ2v) is 6.44. The Morgan fingerprint density at radius 1 is 1.18 bits per heavy atom. The van der Waals surface area contributed by atoms with Crippen molar-refractivity contribution in [3.8, 4) is 5.75 Å². The van der Waals surface area contributed by atoms with Gasteiger partial charge in [-0.1, -0.05) is 31.9 Å². The Bertz CT molecular complexity index is 727. The van der Waals surface area contributed by atoms with Crippen molar-refractivity contribution in [2.75, 3.05) is 12.4 Å². The van der Waals surface area contributed by atoms with Crippen LogP contribution < -0.4 is 10.1 Å². The van der Waals surface area contributed by atoms with E-state index in [4.69, 9.17) is 4.74 Å². The van der Waals surface area contributed by atoms with Gasteiger partial charge in [0.25, 0.3) is 0 Å². The maximum absolute atomic E-state index is 12.0. The molecule has 0 aromatic heterocycles. The van der Waals surface area contributed by atoms with Crippen molar-refractivity contribution in [2.24, 2.45) is 0 Å². The number of ether oxygens (including phenoxy) is 1. The molecular weight excluding hydrogens is 410 g/mol. The third kappa shape index (κ3) is 4.45. The molecule has 0 spiro atoms. The molecule has 0 heterocycles. The molecule has 0 radical (unpaired) electrons. The standard InChI is InChI=1S/C17H15Br2NO2/c1-11-9-14(5-6-15(11)19)20-17(21)8-3-12-10-13(18)4-7-16(12)22-2/h3-10H,1-2H3,(H,20,21)/b8-3+. The Balaban J connectivity index is 2.11. The lowest BCUT2D eigenvalue weighted by atomic mass is 10.2. The van der Waals surface area contributed by atoms with Gasteiger partial charge in [-0.25, -0.2) is 0 Å². The van der Waals surface area contributed by atoms with E-state index in [1.807, 2.05) is 43.3 Å². The van der Waals surface area contributed by atoms with Crippen molar-refractivity contribution in [1.82, 2.24) is 0 Å². The van der Waals surface area contributed by atoms with Crippen LogP contribution in [0.3, 0.4) is 0 Å². The Morgan fingerprint density at radius 2 is 1.95 bits per heavy atom. The molecule has 0 atom stereocenters. The summed E-state index contributed by atoms with van der Waals surface area (Å²) < 4.78 is 7.21. The molecule has 2 aromatic rings. The van der Waals surface area contributed by atoms with E-state index >= 15 is 0 Å². The number of aryl methyl sites for hydroxylation is 1. The second kappa shape index (κ2) is 7.61. The lowest BCUT2D eigenvalue weighted by Gasteiger charge is -2.06. The number of methoxy groups -OCH3 is 1. The number of anilines is 1. The number of halogens is 2. The lowest BCUT2D eigenvalue weighted by Crippen LogP contribution is -2.07. The molecule has 0 unspecified atom stereocenters. The van der Waals surface area contributed by atoms with Gasteiger partial charge in [0.15, 0.2) is 0 Å². The molecule has 3 nitrogen and oxygen atoms in total. The first-order chi connectivity index (χ1) is 10.5. The van der Waals surface area contributed by atoms with Crippen LogP contribution in [0.1, 0.15) is 11.1 Å². The van der Waals surface area contributed by atoms with Crippen molar-refractivity contribution in [3.05, 3.63) is 62.5 Å². The molecule has 114 valence electrons. The van der Waals surface area contributed by atoms with Gasteiger partial charge in [-0.05, 0) is 55.0 Å². The summed E-state index contributed by atoms with van der Waals surface area (Å²) >= 11 is 6.84. The van der Waals surface area contributed by atoms with Crippen LogP contribution in [-0.4, -0.2) is 13.0 Å². The molecule has 0 saturated heterocycles. The monoisotopic (exact) mass is 423 g/mol. The maximum atomic E-state index is 12.0. The van der Waals surface area contributed by atoms with E-state index in [9.17, 15) is 4.79 Å². The molecule has 0 saturated carbocycles. The molecule has 5 heteroatoms. The summed E-state index contributed by atoms with van der Waals surface area (Å²) in [6, 6.07) is 11.3. The second-order valence-electron chi connectivity index (χ2n) is 4.67. The van der Waals surface area contributed by atoms with E-state index in [0.29, 0.717) is 5.75 Å². The fourth-order valence-electron chi connectivity index (χ4n) is 1.91. The third-order valence-electron chi connectivity index (χ3n) is 3.03. The molecule has 0 aliphatic heterocycles. The summed E-state index contributed by atoms with van der Waals surface area (Å²) in [5.74, 6) is 0.524. The number of nitrogens with one attached hydrogen (secondary N) is 1. The minimum Gasteiger partial charge on any atom is -0.496 e. The Morgan fingerprint density at radius 3 is 2.64 bits per heavy atom. The van der Waals surface area contributed by atoms with Crippen molar-refractivity contribution < 1.29 is 9.53 Å². The van der Waals surface area contributed by atoms with Crippen LogP contribution in [0.5, 0.6) is 5.75 Å². The minimum absolute atomic E-state index is 0.191. The zero-order valence-corrected chi connectivity index (χ0v) is 15.4. The maximum Gasteiger partial charge on any atom is 0.248 e. The minimum atomic E-state index is -0.191. The zero-order chi connectivity index (χ0) is 16.1. The number of carbonyl (C=O) groups excluding carboxylic acids is 1. The predicted molar refractivity (Wildman–Crippen MR) is 97.2 cm³/mol. The van der Waals surface area contributed by atoms with Crippen LogP contribution in [0.4, 0.5) is 5.69 Å². The molecule has 0 aliphatic rings. The highest BCUT2D eigenvalue weighted by atomic mass is 79.9. The highest BCUT2D eigenvalue weighted by Crippen LogP contribution is 2.24. The van der Waals surface area contributed by atoms with Gasteiger partial charge in [0.05, 0.1) is 7.11 Å². The number of rotatable bonds is 4. The third-order valence-corrected chi connectivity index (χ3v) is 4.41. The van der Waals surface area contributed by atoms with Gasteiger partial charge >= 0.3 is 0 Å². The van der Waals surface area contributed by atoms with Crippen LogP contribution in [-0.2, 0) is 4.79 Å². The van der Waals surface area contributed by atoms with Gasteiger partial charge in [0, 0.05) is 26.3 Å². The van der Waals surface area contributed by atoms with Crippen LogP contribution in [0.25, 0.3) is 6.08 Å². The largest absolute Gasteiger partial charge is 0.496 e. The topological polar surface area (TPSA) is 38.3 Å². The summed E-state index contributed by atoms with van der Waals surface area (Å²) in [5.41, 5.74) is 2.66. The van der Waals surface area contributed by atoms with Gasteiger partial charge in [-0.2, -0.15) is 0 Å². The van der Waals surface area contributed by atoms with E-state index in [0.717, 1.165) is 25.8 Å². The van der Waals surface area contributed by atoms with E-state index in [2.05, 4.69) is 37.2 Å². The molecule has 0 fully saturated rings. The van der Waals surface area contributed by atoms with Crippen LogP contribution in [0, 0.1) is 6.92 Å². The van der Waals surface area contributed by atoms with Gasteiger partial charge in [-0.15, -0.1) is 0 Å². The number of hydrogen-bond donors (Lipinski definition) is 1. The number of hydrogen-bond acceptors (Lipinski definition) is 2. The smallest absolute Gasteiger partial charge is 0.248 e. The van der Waals surface area contributed by atoms with E-state index < -0.39 is 0 Å². The van der Waals surface area contributed by atoms with Gasteiger partial charge in [0.2, 0.25) is 5.91 Å². The Kier molecular flexibility index (Phi) is 5.80. The number of amides is 1. The van der Waals surface area contributed by atoms with Gasteiger partial charge in [-0.3, -0.25) is 4.79 Å². The Labute approximate surface area is 146 Å². The highest BCUT2D eigenvalue weighted by molar-refractivity contribution is 9.10. The number of benzene rings is 2. The van der Waals surface area contributed by atoms with Crippen molar-refractivity contribution >= 4 is 49.5 Å². The Hall–Kier alpha value is -1.59. The summed E-state index contributed by atoms with van der Waals surface area (Å²) in [6.07, 6.45) is 3.21. The average molecular weight is 425 g/mol. The SMILES string of the molecule is COc1ccc(Br)cc1/C=C/C(=O)Nc1ccc(Br)c(C)c1. The summed E-state index contributed by atoms with van der Waals surface area (Å²) in [5, 5.41) is 2.83. The van der Waals surface area contributed by atoms with E-state index in [-0.39, 0.29) is 5.91 Å². The van der Waals surface area contributed by atoms with Gasteiger partial charge < -0.3 is 10.1 Å². The molecular formula is C17H15Br2NO2. The first-order valence-corrected chi connectivity index (χ1v) is 8.17. The van der Waals surface area contributed by atoms with E-state index in [1.165, 1.54) is 6.08 Å². The average Bonchev–Trinajstić information content (AvgIpc) is 2.49. The van der Waals surface area contributed by atoms with Crippen molar-refractivity contribution in [3.63, 3.8) is 0 Å². The van der Waals surface area contributed by atoms with Crippen LogP contribution >= 0.6 is 31.9 Å². The fourth-order valence-corrected chi connectivity index (χ4v) is 2.53. The normalized spacial score (nSPS) is 10.7.